The normalized spacial score (nSPS) is 14.7. The van der Waals surface area contributed by atoms with E-state index in [1.165, 1.54) is 34.7 Å². The Balaban J connectivity index is 1.74. The summed E-state index contributed by atoms with van der Waals surface area (Å²) in [5.41, 5.74) is -0.465. The molecular weight excluding hydrogens is 485 g/mol. The maximum absolute atomic E-state index is 13.2. The lowest BCUT2D eigenvalue weighted by molar-refractivity contribution is -0.137. The number of amides is 1. The van der Waals surface area contributed by atoms with Gasteiger partial charge in [0.05, 0.1) is 11.3 Å². The summed E-state index contributed by atoms with van der Waals surface area (Å²) in [5.74, 6) is 0.674. The molecule has 0 aliphatic carbocycles. The minimum absolute atomic E-state index is 0.132. The second kappa shape index (κ2) is 9.61. The lowest BCUT2D eigenvalue weighted by atomic mass is 10.0. The Morgan fingerprint density at radius 3 is 2.23 bits per heavy atom. The molecule has 7 nitrogen and oxygen atoms in total. The van der Waals surface area contributed by atoms with Crippen molar-refractivity contribution in [2.45, 2.75) is 25.1 Å². The predicted molar refractivity (Wildman–Crippen MR) is 126 cm³/mol. The second-order valence-corrected chi connectivity index (χ2v) is 8.71. The molecule has 184 valence electrons. The number of benzene rings is 2. The quantitative estimate of drug-likeness (QED) is 0.529. The van der Waals surface area contributed by atoms with Crippen molar-refractivity contribution in [2.75, 3.05) is 25.0 Å². The van der Waals surface area contributed by atoms with E-state index in [0.717, 1.165) is 12.1 Å². The van der Waals surface area contributed by atoms with Crippen LogP contribution in [0.2, 0.25) is 5.02 Å². The standard InChI is InChI=1S/C24H22ClF3N4O3/c1-30(23(34)35)18-10-12-31(13-11-18)20-14-21(33)32(19-8-4-16(5-9-19)24(26,27)28)22(29-20)15-2-6-17(25)7-3-15/h2-9,14,18H,10-13H2,1H3,(H,34,35). The topological polar surface area (TPSA) is 78.7 Å². The van der Waals surface area contributed by atoms with Crippen LogP contribution < -0.4 is 10.5 Å². The van der Waals surface area contributed by atoms with Crippen LogP contribution in [-0.4, -0.2) is 51.8 Å². The van der Waals surface area contributed by atoms with Gasteiger partial charge in [-0.25, -0.2) is 9.78 Å². The van der Waals surface area contributed by atoms with Gasteiger partial charge in [0.2, 0.25) is 0 Å². The van der Waals surface area contributed by atoms with Crippen molar-refractivity contribution < 1.29 is 23.1 Å². The first-order valence-electron chi connectivity index (χ1n) is 10.8. The first kappa shape index (κ1) is 24.6. The number of hydrogen-bond donors (Lipinski definition) is 1. The molecule has 3 aromatic rings. The largest absolute Gasteiger partial charge is 0.465 e. The minimum atomic E-state index is -4.49. The fourth-order valence-electron chi connectivity index (χ4n) is 4.11. The zero-order valence-corrected chi connectivity index (χ0v) is 19.4. The molecule has 1 N–H and O–H groups in total. The molecule has 1 amide bonds. The van der Waals surface area contributed by atoms with Crippen molar-refractivity contribution in [3.63, 3.8) is 0 Å². The Morgan fingerprint density at radius 2 is 1.69 bits per heavy atom. The van der Waals surface area contributed by atoms with Gasteiger partial charge in [0, 0.05) is 42.8 Å². The summed E-state index contributed by atoms with van der Waals surface area (Å²) in [4.78, 5) is 32.4. The molecule has 0 saturated carbocycles. The average molecular weight is 507 g/mol. The molecule has 2 aromatic carbocycles. The zero-order valence-electron chi connectivity index (χ0n) is 18.7. The summed E-state index contributed by atoms with van der Waals surface area (Å²) < 4.78 is 40.3. The van der Waals surface area contributed by atoms with Gasteiger partial charge in [-0.1, -0.05) is 11.6 Å². The smallest absolute Gasteiger partial charge is 0.416 e. The Kier molecular flexibility index (Phi) is 6.75. The van der Waals surface area contributed by atoms with E-state index in [-0.39, 0.29) is 17.6 Å². The molecular formula is C24H22ClF3N4O3. The van der Waals surface area contributed by atoms with Crippen molar-refractivity contribution in [3.8, 4) is 17.1 Å². The number of halogens is 4. The van der Waals surface area contributed by atoms with Gasteiger partial charge < -0.3 is 14.9 Å². The molecule has 35 heavy (non-hydrogen) atoms. The number of carbonyl (C=O) groups is 1. The highest BCUT2D eigenvalue weighted by Crippen LogP contribution is 2.31. The van der Waals surface area contributed by atoms with Crippen LogP contribution in [0.3, 0.4) is 0 Å². The molecule has 11 heteroatoms. The van der Waals surface area contributed by atoms with E-state index in [2.05, 4.69) is 0 Å². The van der Waals surface area contributed by atoms with Gasteiger partial charge >= 0.3 is 12.3 Å². The molecule has 0 radical (unpaired) electrons. The third-order valence-electron chi connectivity index (χ3n) is 6.10. The maximum Gasteiger partial charge on any atom is 0.416 e. The van der Waals surface area contributed by atoms with Crippen LogP contribution in [0.5, 0.6) is 0 Å². The number of rotatable bonds is 4. The summed E-state index contributed by atoms with van der Waals surface area (Å²) in [5, 5.41) is 9.70. The molecule has 0 atom stereocenters. The van der Waals surface area contributed by atoms with Crippen molar-refractivity contribution in [1.29, 1.82) is 0 Å². The summed E-state index contributed by atoms with van der Waals surface area (Å²) in [7, 11) is 1.53. The highest BCUT2D eigenvalue weighted by atomic mass is 35.5. The lowest BCUT2D eigenvalue weighted by Gasteiger charge is -2.36. The van der Waals surface area contributed by atoms with E-state index in [4.69, 9.17) is 16.6 Å². The molecule has 0 unspecified atom stereocenters. The molecule has 1 fully saturated rings. The second-order valence-electron chi connectivity index (χ2n) is 8.27. The Bertz CT molecular complexity index is 1270. The van der Waals surface area contributed by atoms with Crippen LogP contribution in [-0.2, 0) is 6.18 Å². The molecule has 1 saturated heterocycles. The van der Waals surface area contributed by atoms with E-state index in [1.807, 2.05) is 4.90 Å². The fraction of sp³-hybridized carbons (Fsp3) is 0.292. The average Bonchev–Trinajstić information content (AvgIpc) is 2.83. The first-order valence-corrected chi connectivity index (χ1v) is 11.2. The van der Waals surface area contributed by atoms with E-state index in [9.17, 15) is 27.9 Å². The molecule has 1 aliphatic rings. The van der Waals surface area contributed by atoms with E-state index in [1.54, 1.807) is 24.3 Å². The van der Waals surface area contributed by atoms with E-state index >= 15 is 0 Å². The minimum Gasteiger partial charge on any atom is -0.465 e. The lowest BCUT2D eigenvalue weighted by Crippen LogP contribution is -2.45. The van der Waals surface area contributed by atoms with Gasteiger partial charge in [0.1, 0.15) is 11.6 Å². The number of anilines is 1. The van der Waals surface area contributed by atoms with Gasteiger partial charge in [-0.3, -0.25) is 9.36 Å². The highest BCUT2D eigenvalue weighted by molar-refractivity contribution is 6.30. The van der Waals surface area contributed by atoms with Crippen LogP contribution in [0.25, 0.3) is 17.1 Å². The van der Waals surface area contributed by atoms with Gasteiger partial charge in [0.15, 0.2) is 0 Å². The van der Waals surface area contributed by atoms with Gasteiger partial charge in [-0.2, -0.15) is 13.2 Å². The van der Waals surface area contributed by atoms with Crippen LogP contribution >= 0.6 is 11.6 Å². The number of nitrogens with zero attached hydrogens (tertiary/aromatic N) is 4. The maximum atomic E-state index is 13.2. The number of carboxylic acid groups (broad SMARTS) is 1. The summed E-state index contributed by atoms with van der Waals surface area (Å²) in [6.45, 7) is 0.998. The van der Waals surface area contributed by atoms with Crippen LogP contribution in [0, 0.1) is 0 Å². The van der Waals surface area contributed by atoms with Crippen molar-refractivity contribution in [2.24, 2.45) is 0 Å². The third-order valence-corrected chi connectivity index (χ3v) is 6.35. The third kappa shape index (κ3) is 5.27. The SMILES string of the molecule is CN(C(=O)O)C1CCN(c2cc(=O)n(-c3ccc(C(F)(F)F)cc3)c(-c3ccc(Cl)cc3)n2)CC1. The summed E-state index contributed by atoms with van der Waals surface area (Å²) in [6, 6.07) is 12.2. The Morgan fingerprint density at radius 1 is 1.09 bits per heavy atom. The summed E-state index contributed by atoms with van der Waals surface area (Å²) >= 11 is 6.01. The van der Waals surface area contributed by atoms with Crippen LogP contribution in [0.4, 0.5) is 23.8 Å². The highest BCUT2D eigenvalue weighted by Gasteiger charge is 2.30. The van der Waals surface area contributed by atoms with Gasteiger partial charge in [-0.05, 0) is 61.4 Å². The Labute approximate surface area is 204 Å². The number of aromatic nitrogens is 2. The molecule has 4 rings (SSSR count). The predicted octanol–water partition coefficient (Wildman–Crippen LogP) is 5.15. The summed E-state index contributed by atoms with van der Waals surface area (Å²) in [6.07, 6.45) is -4.34. The molecule has 1 aliphatic heterocycles. The van der Waals surface area contributed by atoms with Crippen LogP contribution in [0.15, 0.2) is 59.4 Å². The number of hydrogen-bond acceptors (Lipinski definition) is 4. The monoisotopic (exact) mass is 506 g/mol. The Hall–Kier alpha value is -3.53. The van der Waals surface area contributed by atoms with Gasteiger partial charge in [-0.15, -0.1) is 0 Å². The van der Waals surface area contributed by atoms with E-state index < -0.39 is 23.4 Å². The zero-order chi connectivity index (χ0) is 25.3. The molecule has 1 aromatic heterocycles. The molecule has 0 bridgehead atoms. The van der Waals surface area contributed by atoms with Crippen LogP contribution in [0.1, 0.15) is 18.4 Å². The molecule has 2 heterocycles. The fourth-order valence-corrected chi connectivity index (χ4v) is 4.24. The molecule has 0 spiro atoms. The van der Waals surface area contributed by atoms with Crippen molar-refractivity contribution >= 4 is 23.5 Å². The van der Waals surface area contributed by atoms with E-state index in [0.29, 0.717) is 42.3 Å². The first-order chi connectivity index (χ1) is 16.5. The number of alkyl halides is 3. The number of piperidine rings is 1. The van der Waals surface area contributed by atoms with Crippen molar-refractivity contribution in [3.05, 3.63) is 75.5 Å². The van der Waals surface area contributed by atoms with Crippen molar-refractivity contribution in [1.82, 2.24) is 14.5 Å². The van der Waals surface area contributed by atoms with Gasteiger partial charge in [0.25, 0.3) is 5.56 Å².